The fraction of sp³-hybridized carbons (Fsp3) is 0.452. The molecule has 5 rings (SSSR count). The van der Waals surface area contributed by atoms with Crippen molar-refractivity contribution in [3.05, 3.63) is 89.2 Å². The molecule has 1 saturated carbocycles. The summed E-state index contributed by atoms with van der Waals surface area (Å²) in [5.74, 6) is 1.54. The lowest BCUT2D eigenvalue weighted by molar-refractivity contribution is 0.0749. The third-order valence-electron chi connectivity index (χ3n) is 8.19. The maximum atomic E-state index is 14.1. The lowest BCUT2D eigenvalue weighted by Crippen LogP contribution is -2.38. The molecule has 5 heteroatoms. The average molecular weight is 483 g/mol. The van der Waals surface area contributed by atoms with Crippen molar-refractivity contribution in [3.8, 4) is 0 Å². The van der Waals surface area contributed by atoms with E-state index in [-0.39, 0.29) is 11.3 Å². The molecule has 0 unspecified atom stereocenters. The Morgan fingerprint density at radius 2 is 1.64 bits per heavy atom. The standard InChI is InChI=1S/C31H38N4O/c1-3-34(23-25-12-6-4-7-13-25)29(36)27-22-32-30(35-20-16-24(2)17-21-35)33-28(27)31(18-10-11-19-31)26-14-8-5-9-15-26/h4-9,12-15,22,24H,3,10-11,16-21,23H2,1-2H3. The number of carbonyl (C=O) groups is 1. The van der Waals surface area contributed by atoms with Crippen LogP contribution in [0.2, 0.25) is 0 Å². The van der Waals surface area contributed by atoms with Crippen molar-refractivity contribution in [1.29, 1.82) is 0 Å². The number of nitrogens with zero attached hydrogens (tertiary/aromatic N) is 4. The maximum Gasteiger partial charge on any atom is 0.257 e. The Kier molecular flexibility index (Phi) is 7.35. The van der Waals surface area contributed by atoms with Gasteiger partial charge in [-0.3, -0.25) is 4.79 Å². The monoisotopic (exact) mass is 482 g/mol. The Hall–Kier alpha value is -3.21. The zero-order valence-corrected chi connectivity index (χ0v) is 21.7. The largest absolute Gasteiger partial charge is 0.341 e. The van der Waals surface area contributed by atoms with Crippen LogP contribution in [0.5, 0.6) is 0 Å². The van der Waals surface area contributed by atoms with Crippen molar-refractivity contribution in [3.63, 3.8) is 0 Å². The number of piperidine rings is 1. The average Bonchev–Trinajstić information content (AvgIpc) is 3.44. The van der Waals surface area contributed by atoms with E-state index in [0.717, 1.165) is 74.7 Å². The Labute approximate surface area is 215 Å². The minimum Gasteiger partial charge on any atom is -0.341 e. The number of amides is 1. The van der Waals surface area contributed by atoms with Crippen LogP contribution in [0.15, 0.2) is 66.9 Å². The smallest absolute Gasteiger partial charge is 0.257 e. The molecule has 1 saturated heterocycles. The molecule has 2 heterocycles. The maximum absolute atomic E-state index is 14.1. The van der Waals surface area contributed by atoms with Crippen molar-refractivity contribution in [2.24, 2.45) is 5.92 Å². The van der Waals surface area contributed by atoms with Gasteiger partial charge in [0, 0.05) is 37.8 Å². The van der Waals surface area contributed by atoms with Crippen LogP contribution in [0, 0.1) is 5.92 Å². The lowest BCUT2D eigenvalue weighted by Gasteiger charge is -2.35. The summed E-state index contributed by atoms with van der Waals surface area (Å²) in [4.78, 5) is 28.4. The summed E-state index contributed by atoms with van der Waals surface area (Å²) in [7, 11) is 0. The number of benzene rings is 2. The number of anilines is 1. The first kappa shape index (κ1) is 24.5. The van der Waals surface area contributed by atoms with E-state index in [0.29, 0.717) is 18.7 Å². The Morgan fingerprint density at radius 3 is 2.28 bits per heavy atom. The molecule has 1 aliphatic heterocycles. The summed E-state index contributed by atoms with van der Waals surface area (Å²) in [6.45, 7) is 7.53. The highest BCUT2D eigenvalue weighted by Gasteiger charge is 2.42. The molecule has 0 spiro atoms. The summed E-state index contributed by atoms with van der Waals surface area (Å²) in [5.41, 5.74) is 3.73. The highest BCUT2D eigenvalue weighted by Crippen LogP contribution is 2.47. The van der Waals surface area contributed by atoms with E-state index in [1.54, 1.807) is 0 Å². The van der Waals surface area contributed by atoms with E-state index >= 15 is 0 Å². The summed E-state index contributed by atoms with van der Waals surface area (Å²) in [6, 6.07) is 20.9. The second kappa shape index (κ2) is 10.8. The van der Waals surface area contributed by atoms with Crippen LogP contribution in [0.4, 0.5) is 5.95 Å². The number of aromatic nitrogens is 2. The second-order valence-electron chi connectivity index (χ2n) is 10.6. The Morgan fingerprint density at radius 1 is 1.00 bits per heavy atom. The number of hydrogen-bond donors (Lipinski definition) is 0. The van der Waals surface area contributed by atoms with Crippen LogP contribution < -0.4 is 4.90 Å². The molecule has 3 aromatic rings. The van der Waals surface area contributed by atoms with Gasteiger partial charge in [-0.1, -0.05) is 80.4 Å². The predicted octanol–water partition coefficient (Wildman–Crippen LogP) is 6.24. The number of carbonyl (C=O) groups excluding carboxylic acids is 1. The number of rotatable bonds is 7. The van der Waals surface area contributed by atoms with Crippen molar-refractivity contribution < 1.29 is 4.79 Å². The quantitative estimate of drug-likeness (QED) is 0.400. The van der Waals surface area contributed by atoms with E-state index < -0.39 is 0 Å². The van der Waals surface area contributed by atoms with Crippen molar-refractivity contribution in [2.75, 3.05) is 24.5 Å². The zero-order valence-electron chi connectivity index (χ0n) is 21.7. The minimum atomic E-state index is -0.251. The highest BCUT2D eigenvalue weighted by atomic mass is 16.2. The van der Waals surface area contributed by atoms with Gasteiger partial charge < -0.3 is 9.80 Å². The molecule has 1 amide bonds. The summed E-state index contributed by atoms with van der Waals surface area (Å²) >= 11 is 0. The van der Waals surface area contributed by atoms with Crippen molar-refractivity contribution in [1.82, 2.24) is 14.9 Å². The van der Waals surface area contributed by atoms with Gasteiger partial charge in [0.1, 0.15) is 0 Å². The zero-order chi connectivity index (χ0) is 25.0. The van der Waals surface area contributed by atoms with Gasteiger partial charge in [-0.15, -0.1) is 0 Å². The molecule has 2 aromatic carbocycles. The molecule has 188 valence electrons. The third-order valence-corrected chi connectivity index (χ3v) is 8.19. The van der Waals surface area contributed by atoms with Gasteiger partial charge in [0.15, 0.2) is 0 Å². The van der Waals surface area contributed by atoms with Gasteiger partial charge in [-0.25, -0.2) is 9.97 Å². The molecular weight excluding hydrogens is 444 g/mol. The first-order valence-corrected chi connectivity index (χ1v) is 13.6. The Balaban J connectivity index is 1.58. The second-order valence-corrected chi connectivity index (χ2v) is 10.6. The molecule has 2 fully saturated rings. The molecule has 0 atom stereocenters. The highest BCUT2D eigenvalue weighted by molar-refractivity contribution is 5.95. The van der Waals surface area contributed by atoms with Crippen molar-refractivity contribution in [2.45, 2.75) is 64.3 Å². The molecule has 1 aromatic heterocycles. The molecule has 36 heavy (non-hydrogen) atoms. The van der Waals surface area contributed by atoms with Gasteiger partial charge in [-0.2, -0.15) is 0 Å². The molecule has 0 bridgehead atoms. The van der Waals surface area contributed by atoms with E-state index in [4.69, 9.17) is 9.97 Å². The van der Waals surface area contributed by atoms with E-state index in [1.165, 1.54) is 5.56 Å². The normalized spacial score (nSPS) is 17.8. The fourth-order valence-electron chi connectivity index (χ4n) is 5.95. The van der Waals surface area contributed by atoms with Gasteiger partial charge in [0.25, 0.3) is 5.91 Å². The molecule has 0 N–H and O–H groups in total. The van der Waals surface area contributed by atoms with Crippen LogP contribution in [0.3, 0.4) is 0 Å². The van der Waals surface area contributed by atoms with Crippen LogP contribution in [0.1, 0.15) is 79.6 Å². The topological polar surface area (TPSA) is 49.3 Å². The van der Waals surface area contributed by atoms with Gasteiger partial charge in [0.2, 0.25) is 5.95 Å². The summed E-state index contributed by atoms with van der Waals surface area (Å²) < 4.78 is 0. The molecule has 2 aliphatic rings. The lowest BCUT2D eigenvalue weighted by atomic mass is 9.74. The van der Waals surface area contributed by atoms with Crippen LogP contribution in [-0.2, 0) is 12.0 Å². The predicted molar refractivity (Wildman–Crippen MR) is 145 cm³/mol. The van der Waals surface area contributed by atoms with Gasteiger partial charge >= 0.3 is 0 Å². The number of hydrogen-bond acceptors (Lipinski definition) is 4. The molecule has 1 aliphatic carbocycles. The van der Waals surface area contributed by atoms with Crippen LogP contribution >= 0.6 is 0 Å². The van der Waals surface area contributed by atoms with Gasteiger partial charge in [-0.05, 0) is 49.7 Å². The summed E-state index contributed by atoms with van der Waals surface area (Å²) in [5, 5.41) is 0. The van der Waals surface area contributed by atoms with E-state index in [1.807, 2.05) is 36.2 Å². The molecule has 5 nitrogen and oxygen atoms in total. The van der Waals surface area contributed by atoms with Crippen molar-refractivity contribution >= 4 is 11.9 Å². The minimum absolute atomic E-state index is 0.0253. The SMILES string of the molecule is CCN(Cc1ccccc1)C(=O)c1cnc(N2CCC(C)CC2)nc1C1(c2ccccc2)CCCC1. The first-order chi connectivity index (χ1) is 17.6. The molecular formula is C31H38N4O. The van der Waals surface area contributed by atoms with Gasteiger partial charge in [0.05, 0.1) is 11.3 Å². The molecule has 0 radical (unpaired) electrons. The Bertz CT molecular complexity index is 1150. The fourth-order valence-corrected chi connectivity index (χ4v) is 5.95. The first-order valence-electron chi connectivity index (χ1n) is 13.6. The third kappa shape index (κ3) is 4.88. The van der Waals surface area contributed by atoms with E-state index in [2.05, 4.69) is 54.3 Å². The van der Waals surface area contributed by atoms with Crippen LogP contribution in [0.25, 0.3) is 0 Å². The van der Waals surface area contributed by atoms with E-state index in [9.17, 15) is 4.79 Å². The summed E-state index contributed by atoms with van der Waals surface area (Å²) in [6.07, 6.45) is 8.45. The van der Waals surface area contributed by atoms with Crippen LogP contribution in [-0.4, -0.2) is 40.4 Å².